The largest absolute Gasteiger partial charge is 0.256 e. The van der Waals surface area contributed by atoms with Crippen LogP contribution >= 0.6 is 11.6 Å². The molecule has 114 valence electrons. The van der Waals surface area contributed by atoms with Gasteiger partial charge in [-0.2, -0.15) is 0 Å². The number of halogens is 1. The third-order valence-electron chi connectivity index (χ3n) is 3.32. The minimum Gasteiger partial charge on any atom is -0.256 e. The van der Waals surface area contributed by atoms with Gasteiger partial charge in [-0.15, -0.1) is 11.6 Å². The molecule has 4 nitrogen and oxygen atoms in total. The van der Waals surface area contributed by atoms with Gasteiger partial charge in [0, 0.05) is 24.0 Å². The van der Waals surface area contributed by atoms with Crippen LogP contribution in [-0.4, -0.2) is 25.8 Å². The summed E-state index contributed by atoms with van der Waals surface area (Å²) >= 11 is 5.60. The van der Waals surface area contributed by atoms with Gasteiger partial charge in [0.2, 0.25) is 10.0 Å². The summed E-state index contributed by atoms with van der Waals surface area (Å²) in [6.07, 6.45) is 4.28. The maximum absolute atomic E-state index is 12.4. The van der Waals surface area contributed by atoms with E-state index in [1.54, 1.807) is 30.5 Å². The maximum Gasteiger partial charge on any atom is 0.241 e. The second-order valence-electron chi connectivity index (χ2n) is 4.93. The lowest BCUT2D eigenvalue weighted by Gasteiger charge is -2.10. The second-order valence-corrected chi connectivity index (χ2v) is 7.04. The highest BCUT2D eigenvalue weighted by atomic mass is 35.5. The average Bonchev–Trinajstić information content (AvgIpc) is 2.47. The zero-order valence-electron chi connectivity index (χ0n) is 12.0. The van der Waals surface area contributed by atoms with Gasteiger partial charge < -0.3 is 0 Å². The van der Waals surface area contributed by atoms with Gasteiger partial charge in [0.05, 0.1) is 10.4 Å². The fraction of sp³-hybridized carbons (Fsp3) is 0.400. The molecule has 0 spiro atoms. The Morgan fingerprint density at radius 3 is 2.76 bits per heavy atom. The molecule has 0 fully saturated rings. The number of sulfonamides is 1. The molecule has 0 amide bonds. The number of alkyl halides is 1. The molecule has 1 N–H and O–H groups in total. The van der Waals surface area contributed by atoms with E-state index < -0.39 is 10.0 Å². The number of fused-ring (bicyclic) bond motifs is 1. The molecule has 0 saturated heterocycles. The van der Waals surface area contributed by atoms with E-state index >= 15 is 0 Å². The van der Waals surface area contributed by atoms with Crippen LogP contribution in [0.15, 0.2) is 35.4 Å². The molecule has 2 aromatic rings. The van der Waals surface area contributed by atoms with Crippen molar-refractivity contribution in [1.82, 2.24) is 9.71 Å². The summed E-state index contributed by atoms with van der Waals surface area (Å²) in [4.78, 5) is 4.55. The lowest BCUT2D eigenvalue weighted by atomic mass is 10.1. The van der Waals surface area contributed by atoms with E-state index in [1.807, 2.05) is 6.92 Å². The molecule has 1 heterocycles. The monoisotopic (exact) mass is 326 g/mol. The van der Waals surface area contributed by atoms with Crippen LogP contribution in [0.5, 0.6) is 0 Å². The van der Waals surface area contributed by atoms with E-state index in [4.69, 9.17) is 11.6 Å². The van der Waals surface area contributed by atoms with Gasteiger partial charge in [0.1, 0.15) is 0 Å². The van der Waals surface area contributed by atoms with E-state index in [9.17, 15) is 8.42 Å². The molecule has 0 aliphatic rings. The number of nitrogens with zero attached hydrogens (tertiary/aromatic N) is 1. The second kappa shape index (κ2) is 7.20. The summed E-state index contributed by atoms with van der Waals surface area (Å²) in [5.74, 6) is 0.612. The van der Waals surface area contributed by atoms with Gasteiger partial charge in [-0.25, -0.2) is 13.1 Å². The molecule has 6 heteroatoms. The topological polar surface area (TPSA) is 59.1 Å². The smallest absolute Gasteiger partial charge is 0.241 e. The van der Waals surface area contributed by atoms with Gasteiger partial charge in [0.15, 0.2) is 0 Å². The Hall–Kier alpha value is -1.17. The normalized spacial score (nSPS) is 11.9. The van der Waals surface area contributed by atoms with Crippen LogP contribution in [0.4, 0.5) is 0 Å². The van der Waals surface area contributed by atoms with Crippen LogP contribution in [0.2, 0.25) is 0 Å². The van der Waals surface area contributed by atoms with Crippen LogP contribution < -0.4 is 4.72 Å². The third-order valence-corrected chi connectivity index (χ3v) is 5.11. The van der Waals surface area contributed by atoms with Crippen molar-refractivity contribution in [2.24, 2.45) is 0 Å². The number of hydrogen-bond donors (Lipinski definition) is 1. The number of pyridine rings is 1. The first-order valence-corrected chi connectivity index (χ1v) is 8.98. The molecular weight excluding hydrogens is 308 g/mol. The summed E-state index contributed by atoms with van der Waals surface area (Å²) in [5.41, 5.74) is 1.69. The molecule has 1 aromatic carbocycles. The number of nitrogens with one attached hydrogen (secondary N) is 1. The van der Waals surface area contributed by atoms with Crippen LogP contribution in [0.25, 0.3) is 10.9 Å². The van der Waals surface area contributed by atoms with Crippen LogP contribution in [-0.2, 0) is 10.0 Å². The number of hydrogen-bond acceptors (Lipinski definition) is 3. The van der Waals surface area contributed by atoms with Crippen LogP contribution in [0.3, 0.4) is 0 Å². The minimum atomic E-state index is -3.51. The number of aryl methyl sites for hydroxylation is 1. The van der Waals surface area contributed by atoms with E-state index in [1.165, 1.54) is 0 Å². The van der Waals surface area contributed by atoms with Crippen molar-refractivity contribution in [3.63, 3.8) is 0 Å². The molecule has 2 rings (SSSR count). The Balaban J connectivity index is 2.23. The molecule has 21 heavy (non-hydrogen) atoms. The molecule has 0 aliphatic heterocycles. The average molecular weight is 327 g/mol. The third kappa shape index (κ3) is 3.93. The highest BCUT2D eigenvalue weighted by Gasteiger charge is 2.17. The molecule has 0 unspecified atom stereocenters. The van der Waals surface area contributed by atoms with E-state index in [0.717, 1.165) is 30.3 Å². The summed E-state index contributed by atoms with van der Waals surface area (Å²) in [6, 6.07) is 6.97. The fourth-order valence-electron chi connectivity index (χ4n) is 2.20. The number of aromatic nitrogens is 1. The van der Waals surface area contributed by atoms with Crippen molar-refractivity contribution in [2.45, 2.75) is 31.1 Å². The predicted octanol–water partition coefficient (Wildman–Crippen LogP) is 3.23. The highest BCUT2D eigenvalue weighted by Crippen LogP contribution is 2.23. The standard InChI is InChI=1S/C15H19ClN2O2S/c1-12-7-8-14(13-6-5-10-17-15(12)13)21(19,20)18-11-4-2-3-9-16/h5-8,10,18H,2-4,9,11H2,1H3. The van der Waals surface area contributed by atoms with Crippen LogP contribution in [0, 0.1) is 6.92 Å². The Kier molecular flexibility index (Phi) is 5.56. The Bertz CT molecular complexity index is 717. The van der Waals surface area contributed by atoms with Crippen molar-refractivity contribution in [3.8, 4) is 0 Å². The van der Waals surface area contributed by atoms with Gasteiger partial charge >= 0.3 is 0 Å². The first kappa shape index (κ1) is 16.2. The van der Waals surface area contributed by atoms with E-state index in [2.05, 4.69) is 9.71 Å². The number of benzene rings is 1. The maximum atomic E-state index is 12.4. The van der Waals surface area contributed by atoms with Crippen molar-refractivity contribution in [2.75, 3.05) is 12.4 Å². The Morgan fingerprint density at radius 1 is 1.19 bits per heavy atom. The van der Waals surface area contributed by atoms with E-state index in [0.29, 0.717) is 17.8 Å². The van der Waals surface area contributed by atoms with Gasteiger partial charge in [-0.05, 0) is 43.5 Å². The quantitative estimate of drug-likeness (QED) is 0.627. The number of unbranched alkanes of at least 4 members (excludes halogenated alkanes) is 2. The van der Waals surface area contributed by atoms with E-state index in [-0.39, 0.29) is 4.90 Å². The van der Waals surface area contributed by atoms with Crippen LogP contribution in [0.1, 0.15) is 24.8 Å². The lowest BCUT2D eigenvalue weighted by molar-refractivity contribution is 0.577. The molecule has 0 aliphatic carbocycles. The minimum absolute atomic E-state index is 0.286. The zero-order chi connectivity index (χ0) is 15.3. The molecule has 1 aromatic heterocycles. The summed E-state index contributed by atoms with van der Waals surface area (Å²) < 4.78 is 27.5. The van der Waals surface area contributed by atoms with Crippen molar-refractivity contribution in [3.05, 3.63) is 36.0 Å². The van der Waals surface area contributed by atoms with Gasteiger partial charge in [-0.3, -0.25) is 4.98 Å². The van der Waals surface area contributed by atoms with Crippen molar-refractivity contribution in [1.29, 1.82) is 0 Å². The van der Waals surface area contributed by atoms with Crippen molar-refractivity contribution >= 4 is 32.5 Å². The number of rotatable bonds is 7. The Morgan fingerprint density at radius 2 is 2.00 bits per heavy atom. The highest BCUT2D eigenvalue weighted by molar-refractivity contribution is 7.89. The molecule has 0 saturated carbocycles. The predicted molar refractivity (Wildman–Crippen MR) is 86.2 cm³/mol. The zero-order valence-corrected chi connectivity index (χ0v) is 13.5. The Labute approximate surface area is 130 Å². The van der Waals surface area contributed by atoms with Gasteiger partial charge in [0.25, 0.3) is 0 Å². The first-order chi connectivity index (χ1) is 10.1. The fourth-order valence-corrected chi connectivity index (χ4v) is 3.66. The first-order valence-electron chi connectivity index (χ1n) is 6.96. The van der Waals surface area contributed by atoms with Gasteiger partial charge in [-0.1, -0.05) is 12.5 Å². The summed E-state index contributed by atoms with van der Waals surface area (Å²) in [6.45, 7) is 2.35. The molecule has 0 radical (unpaired) electrons. The summed E-state index contributed by atoms with van der Waals surface area (Å²) in [7, 11) is -3.51. The summed E-state index contributed by atoms with van der Waals surface area (Å²) in [5, 5.41) is 0.658. The molecule has 0 bridgehead atoms. The molecule has 0 atom stereocenters. The SMILES string of the molecule is Cc1ccc(S(=O)(=O)NCCCCCCl)c2cccnc12. The molecular formula is C15H19ClN2O2S. The lowest BCUT2D eigenvalue weighted by Crippen LogP contribution is -2.25. The van der Waals surface area contributed by atoms with Crippen molar-refractivity contribution < 1.29 is 8.42 Å².